The van der Waals surface area contributed by atoms with Crippen molar-refractivity contribution in [2.24, 2.45) is 5.73 Å². The summed E-state index contributed by atoms with van der Waals surface area (Å²) in [6.45, 7) is -0.674. The van der Waals surface area contributed by atoms with Crippen LogP contribution in [0.5, 0.6) is 5.75 Å². The molecule has 5 N–H and O–H groups in total. The highest BCUT2D eigenvalue weighted by Gasteiger charge is 2.25. The van der Waals surface area contributed by atoms with Gasteiger partial charge in [-0.25, -0.2) is 13.4 Å². The zero-order valence-corrected chi connectivity index (χ0v) is 14.0. The predicted molar refractivity (Wildman–Crippen MR) is 81.6 cm³/mol. The average molecular weight is 367 g/mol. The van der Waals surface area contributed by atoms with E-state index in [1.807, 2.05) is 4.83 Å². The van der Waals surface area contributed by atoms with Crippen LogP contribution >= 0.6 is 7.60 Å². The molecule has 10 nitrogen and oxygen atoms in total. The van der Waals surface area contributed by atoms with Gasteiger partial charge in [-0.3, -0.25) is 9.36 Å². The smallest absolute Gasteiger partial charge is 0.340 e. The maximum atomic E-state index is 12.0. The van der Waals surface area contributed by atoms with Crippen molar-refractivity contribution < 1.29 is 32.3 Å². The number of hydrazine groups is 1. The standard InChI is InChI=1S/C11H18N3O7PS/c1-21-10-4-2-9(3-5-10)7-23(19,20)13-14(6-11(12)15)8-22(16,17)18/h2-5,13H,6-8H2,1H3,(H2,12,15)(H2,16,17,18). The van der Waals surface area contributed by atoms with Crippen molar-refractivity contribution >= 4 is 23.5 Å². The number of carbonyl (C=O) groups is 1. The molecule has 0 unspecified atom stereocenters. The minimum atomic E-state index is -4.58. The maximum Gasteiger partial charge on any atom is 0.340 e. The normalized spacial score (nSPS) is 12.3. The van der Waals surface area contributed by atoms with Crippen LogP contribution in [0.4, 0.5) is 0 Å². The lowest BCUT2D eigenvalue weighted by Crippen LogP contribution is -2.47. The molecule has 0 saturated heterocycles. The van der Waals surface area contributed by atoms with Crippen molar-refractivity contribution in [1.82, 2.24) is 9.84 Å². The number of hydrogen-bond acceptors (Lipinski definition) is 6. The molecule has 0 aliphatic heterocycles. The number of benzene rings is 1. The molecule has 0 aliphatic carbocycles. The second kappa shape index (κ2) is 7.86. The van der Waals surface area contributed by atoms with E-state index < -0.39 is 42.1 Å². The molecule has 0 saturated carbocycles. The molecule has 0 bridgehead atoms. The Morgan fingerprint density at radius 1 is 1.35 bits per heavy atom. The monoisotopic (exact) mass is 367 g/mol. The lowest BCUT2D eigenvalue weighted by molar-refractivity contribution is -0.119. The number of primary amides is 1. The van der Waals surface area contributed by atoms with E-state index in [9.17, 15) is 17.8 Å². The van der Waals surface area contributed by atoms with Crippen molar-refractivity contribution in [3.05, 3.63) is 29.8 Å². The minimum absolute atomic E-state index is 0.425. The van der Waals surface area contributed by atoms with Gasteiger partial charge in [0.15, 0.2) is 0 Å². The van der Waals surface area contributed by atoms with E-state index in [0.717, 1.165) is 0 Å². The zero-order valence-electron chi connectivity index (χ0n) is 12.2. The Bertz CT molecular complexity index is 686. The number of carbonyl (C=O) groups excluding carboxylic acids is 1. The summed E-state index contributed by atoms with van der Waals surface area (Å²) in [5, 5.41) is 0.571. The van der Waals surface area contributed by atoms with Crippen molar-refractivity contribution in [3.63, 3.8) is 0 Å². The third kappa shape index (κ3) is 8.07. The van der Waals surface area contributed by atoms with Crippen LogP contribution < -0.4 is 15.3 Å². The third-order valence-electron chi connectivity index (χ3n) is 2.49. The summed E-state index contributed by atoms with van der Waals surface area (Å²) in [4.78, 5) is 30.7. The van der Waals surface area contributed by atoms with Crippen molar-refractivity contribution in [1.29, 1.82) is 0 Å². The largest absolute Gasteiger partial charge is 0.497 e. The van der Waals surface area contributed by atoms with Crippen molar-refractivity contribution in [2.75, 3.05) is 19.9 Å². The van der Waals surface area contributed by atoms with E-state index in [4.69, 9.17) is 20.3 Å². The van der Waals surface area contributed by atoms with Crippen molar-refractivity contribution in [2.45, 2.75) is 5.75 Å². The molecule has 1 aromatic rings. The molecule has 1 aromatic carbocycles. The second-order valence-corrected chi connectivity index (χ2v) is 7.98. The highest BCUT2D eigenvalue weighted by molar-refractivity contribution is 7.88. The van der Waals surface area contributed by atoms with Gasteiger partial charge in [0, 0.05) is 0 Å². The van der Waals surface area contributed by atoms with Gasteiger partial charge in [0.25, 0.3) is 0 Å². The molecular weight excluding hydrogens is 349 g/mol. The van der Waals surface area contributed by atoms with Gasteiger partial charge in [-0.2, -0.15) is 0 Å². The average Bonchev–Trinajstić information content (AvgIpc) is 2.35. The summed E-state index contributed by atoms with van der Waals surface area (Å²) in [6.07, 6.45) is -0.974. The first-order chi connectivity index (χ1) is 10.5. The van der Waals surface area contributed by atoms with E-state index in [0.29, 0.717) is 16.3 Å². The first-order valence-corrected chi connectivity index (χ1v) is 9.66. The van der Waals surface area contributed by atoms with E-state index in [-0.39, 0.29) is 0 Å². The van der Waals surface area contributed by atoms with Crippen LogP contribution in [0.2, 0.25) is 0 Å². The number of nitrogens with one attached hydrogen (secondary N) is 1. The second-order valence-electron chi connectivity index (χ2n) is 4.67. The summed E-state index contributed by atoms with van der Waals surface area (Å²) in [6, 6.07) is 6.20. The SMILES string of the molecule is COc1ccc(CS(=O)(=O)NN(CC(N)=O)CP(=O)(O)O)cc1. The van der Waals surface area contributed by atoms with Gasteiger partial charge in [0.2, 0.25) is 15.9 Å². The van der Waals surface area contributed by atoms with Crippen LogP contribution in [0.1, 0.15) is 5.56 Å². The Hall–Kier alpha value is -1.49. The van der Waals surface area contributed by atoms with Gasteiger partial charge < -0.3 is 20.3 Å². The molecule has 0 atom stereocenters. The van der Waals surface area contributed by atoms with Gasteiger partial charge in [-0.15, -0.1) is 4.83 Å². The van der Waals surface area contributed by atoms with Crippen LogP contribution in [0.25, 0.3) is 0 Å². The molecule has 0 heterocycles. The van der Waals surface area contributed by atoms with Crippen LogP contribution in [0.3, 0.4) is 0 Å². The number of hydrogen-bond donors (Lipinski definition) is 4. The summed E-state index contributed by atoms with van der Waals surface area (Å²) < 4.78 is 40.0. The quantitative estimate of drug-likeness (QED) is 0.318. The van der Waals surface area contributed by atoms with E-state index in [1.54, 1.807) is 12.1 Å². The molecule has 12 heteroatoms. The molecule has 0 aliphatic rings. The van der Waals surface area contributed by atoms with Crippen LogP contribution in [-0.4, -0.2) is 49.1 Å². The molecule has 0 aromatic heterocycles. The number of nitrogens with zero attached hydrogens (tertiary/aromatic N) is 1. The topological polar surface area (TPSA) is 159 Å². The van der Waals surface area contributed by atoms with E-state index in [1.165, 1.54) is 19.2 Å². The summed E-state index contributed by atoms with van der Waals surface area (Å²) in [5.74, 6) is -0.838. The summed E-state index contributed by atoms with van der Waals surface area (Å²) in [5.41, 5.74) is 5.36. The summed E-state index contributed by atoms with van der Waals surface area (Å²) in [7, 11) is -7.10. The van der Waals surface area contributed by atoms with Crippen LogP contribution in [-0.2, 0) is 25.1 Å². The van der Waals surface area contributed by atoms with Gasteiger partial charge in [0.05, 0.1) is 19.4 Å². The van der Waals surface area contributed by atoms with E-state index >= 15 is 0 Å². The van der Waals surface area contributed by atoms with Gasteiger partial charge in [-0.05, 0) is 17.7 Å². The van der Waals surface area contributed by atoms with E-state index in [2.05, 4.69) is 0 Å². The molecule has 130 valence electrons. The van der Waals surface area contributed by atoms with Gasteiger partial charge in [-0.1, -0.05) is 12.1 Å². The first-order valence-electron chi connectivity index (χ1n) is 6.21. The zero-order chi connectivity index (χ0) is 17.7. The van der Waals surface area contributed by atoms with Gasteiger partial charge in [0.1, 0.15) is 12.0 Å². The first kappa shape index (κ1) is 19.6. The fourth-order valence-corrected chi connectivity index (χ4v) is 3.62. The summed E-state index contributed by atoms with van der Waals surface area (Å²) >= 11 is 0. The third-order valence-corrected chi connectivity index (χ3v) is 4.45. The maximum absolute atomic E-state index is 12.0. The number of ether oxygens (including phenoxy) is 1. The molecule has 23 heavy (non-hydrogen) atoms. The number of amides is 1. The Morgan fingerprint density at radius 2 is 1.91 bits per heavy atom. The lowest BCUT2D eigenvalue weighted by atomic mass is 10.2. The highest BCUT2D eigenvalue weighted by atomic mass is 32.2. The lowest BCUT2D eigenvalue weighted by Gasteiger charge is -2.21. The molecule has 1 amide bonds. The molecule has 0 fully saturated rings. The Balaban J connectivity index is 2.82. The van der Waals surface area contributed by atoms with Crippen LogP contribution in [0, 0.1) is 0 Å². The van der Waals surface area contributed by atoms with Crippen LogP contribution in [0.15, 0.2) is 24.3 Å². The fraction of sp³-hybridized carbons (Fsp3) is 0.364. The van der Waals surface area contributed by atoms with Crippen molar-refractivity contribution in [3.8, 4) is 5.75 Å². The number of rotatable bonds is 9. The number of sulfonamides is 1. The molecular formula is C11H18N3O7PS. The molecule has 0 radical (unpaired) electrons. The number of nitrogens with two attached hydrogens (primary N) is 1. The predicted octanol–water partition coefficient (Wildman–Crippen LogP) is -1.05. The molecule has 1 rings (SSSR count). The Kier molecular flexibility index (Phi) is 6.69. The number of methoxy groups -OCH3 is 1. The Morgan fingerprint density at radius 3 is 2.35 bits per heavy atom. The van der Waals surface area contributed by atoms with Gasteiger partial charge >= 0.3 is 7.60 Å². The highest BCUT2D eigenvalue weighted by Crippen LogP contribution is 2.34. The molecule has 0 spiro atoms. The minimum Gasteiger partial charge on any atom is -0.497 e. The fourth-order valence-electron chi connectivity index (χ4n) is 1.69. The Labute approximate surface area is 133 Å².